The molecule has 0 radical (unpaired) electrons. The Bertz CT molecular complexity index is 1180. The van der Waals surface area contributed by atoms with Crippen molar-refractivity contribution in [2.75, 3.05) is 5.75 Å². The first-order valence-corrected chi connectivity index (χ1v) is 11.3. The third-order valence-corrected chi connectivity index (χ3v) is 6.55. The van der Waals surface area contributed by atoms with Crippen LogP contribution in [0.1, 0.15) is 63.5 Å². The van der Waals surface area contributed by atoms with Gasteiger partial charge in [-0.25, -0.2) is 0 Å². The summed E-state index contributed by atoms with van der Waals surface area (Å²) < 4.78 is 0. The zero-order chi connectivity index (χ0) is 23.8. The normalized spacial score (nSPS) is 19.8. The lowest BCUT2D eigenvalue weighted by Gasteiger charge is -2.39. The summed E-state index contributed by atoms with van der Waals surface area (Å²) in [6.45, 7) is 3.78. The van der Waals surface area contributed by atoms with Crippen molar-refractivity contribution >= 4 is 41.3 Å². The van der Waals surface area contributed by atoms with Crippen molar-refractivity contribution in [2.45, 2.75) is 43.8 Å². The van der Waals surface area contributed by atoms with Gasteiger partial charge in [0.2, 0.25) is 5.91 Å². The van der Waals surface area contributed by atoms with Gasteiger partial charge in [-0.3, -0.25) is 34.6 Å². The molecule has 4 rings (SSSR count). The van der Waals surface area contributed by atoms with Gasteiger partial charge in [0.1, 0.15) is 10.6 Å². The van der Waals surface area contributed by atoms with E-state index in [1.807, 2.05) is 6.92 Å². The van der Waals surface area contributed by atoms with Crippen LogP contribution in [0.4, 0.5) is 0 Å². The van der Waals surface area contributed by atoms with E-state index < -0.39 is 29.2 Å². The molecule has 2 aromatic rings. The molecule has 1 unspecified atom stereocenters. The number of nitrogens with one attached hydrogen (secondary N) is 2. The Morgan fingerprint density at radius 2 is 1.94 bits per heavy atom. The number of benzene rings is 1. The molecule has 2 aliphatic rings. The van der Waals surface area contributed by atoms with Crippen LogP contribution < -0.4 is 10.6 Å². The van der Waals surface area contributed by atoms with Crippen LogP contribution in [0, 0.1) is 0 Å². The summed E-state index contributed by atoms with van der Waals surface area (Å²) in [6, 6.07) is 7.68. The van der Waals surface area contributed by atoms with Gasteiger partial charge in [0, 0.05) is 24.1 Å². The van der Waals surface area contributed by atoms with Crippen LogP contribution in [0.15, 0.2) is 35.4 Å². The molecule has 0 bridgehead atoms. The first-order chi connectivity index (χ1) is 15.7. The van der Waals surface area contributed by atoms with Crippen LogP contribution >= 0.6 is 11.8 Å². The van der Waals surface area contributed by atoms with Gasteiger partial charge >= 0.3 is 0 Å². The number of carbonyl (C=O) groups excluding carboxylic acids is 5. The predicted octanol–water partition coefficient (Wildman–Crippen LogP) is 1.31. The lowest BCUT2D eigenvalue weighted by atomic mass is 9.89. The Balaban J connectivity index is 1.49. The molecule has 1 atom stereocenters. The molecular formula is C22H21N5O5S. The third kappa shape index (κ3) is 4.23. The van der Waals surface area contributed by atoms with E-state index in [-0.39, 0.29) is 42.1 Å². The molecular weight excluding hydrogens is 446 g/mol. The molecule has 10 nitrogen and oxygen atoms in total. The van der Waals surface area contributed by atoms with Crippen LogP contribution in [-0.2, 0) is 16.1 Å². The third-order valence-electron chi connectivity index (χ3n) is 5.74. The number of nitrogens with zero attached hydrogens (tertiary/aromatic N) is 3. The zero-order valence-corrected chi connectivity index (χ0v) is 18.8. The van der Waals surface area contributed by atoms with Crippen LogP contribution in [0.3, 0.4) is 0 Å². The maximum atomic E-state index is 13.1. The number of hydrogen-bond acceptors (Lipinski definition) is 8. The minimum Gasteiger partial charge on any atom is -0.320 e. The standard InChI is InChI=1S/C22H21N5O5S/c1-3-33-17-7-6-15(25-26-17)19(30)24-18(29)12-4-5-13-11-27(20(31)14(13)10-12)22(2)9-8-16(28)23-21(22)32/h4-7,10H,3,8-9,11H2,1-2H3,(H,23,28,32)(H,24,29,30). The fraction of sp³-hybridized carbons (Fsp3) is 0.318. The highest BCUT2D eigenvalue weighted by Crippen LogP contribution is 2.34. The lowest BCUT2D eigenvalue weighted by Crippen LogP contribution is -2.61. The van der Waals surface area contributed by atoms with Crippen molar-refractivity contribution < 1.29 is 24.0 Å². The maximum absolute atomic E-state index is 13.1. The number of thioether (sulfide) groups is 1. The van der Waals surface area contributed by atoms with E-state index in [1.54, 1.807) is 19.1 Å². The number of fused-ring (bicyclic) bond motifs is 1. The summed E-state index contributed by atoms with van der Waals surface area (Å²) in [5.41, 5.74) is -0.108. The van der Waals surface area contributed by atoms with Gasteiger partial charge in [0.15, 0.2) is 5.69 Å². The number of carbonyl (C=O) groups is 5. The van der Waals surface area contributed by atoms with Crippen molar-refractivity contribution in [3.63, 3.8) is 0 Å². The highest BCUT2D eigenvalue weighted by molar-refractivity contribution is 7.99. The van der Waals surface area contributed by atoms with E-state index >= 15 is 0 Å². The largest absolute Gasteiger partial charge is 0.320 e. The van der Waals surface area contributed by atoms with E-state index in [2.05, 4.69) is 20.8 Å². The van der Waals surface area contributed by atoms with Crippen molar-refractivity contribution in [1.82, 2.24) is 25.7 Å². The Morgan fingerprint density at radius 1 is 1.15 bits per heavy atom. The van der Waals surface area contributed by atoms with Gasteiger partial charge in [-0.15, -0.1) is 22.0 Å². The molecule has 1 aromatic heterocycles. The molecule has 1 fully saturated rings. The van der Waals surface area contributed by atoms with E-state index in [4.69, 9.17) is 0 Å². The average Bonchev–Trinajstić information content (AvgIpc) is 3.13. The zero-order valence-electron chi connectivity index (χ0n) is 18.0. The molecule has 1 aromatic carbocycles. The summed E-state index contributed by atoms with van der Waals surface area (Å²) in [4.78, 5) is 63.5. The van der Waals surface area contributed by atoms with Crippen LogP contribution in [0.25, 0.3) is 0 Å². The summed E-state index contributed by atoms with van der Waals surface area (Å²) >= 11 is 1.48. The lowest BCUT2D eigenvalue weighted by molar-refractivity contribution is -0.142. The van der Waals surface area contributed by atoms with Gasteiger partial charge in [-0.05, 0) is 48.9 Å². The van der Waals surface area contributed by atoms with Crippen molar-refractivity contribution in [3.8, 4) is 0 Å². The summed E-state index contributed by atoms with van der Waals surface area (Å²) in [5, 5.41) is 13.0. The van der Waals surface area contributed by atoms with Crippen LogP contribution in [0.2, 0.25) is 0 Å². The number of hydrogen-bond donors (Lipinski definition) is 2. The van der Waals surface area contributed by atoms with E-state index in [1.165, 1.54) is 34.9 Å². The van der Waals surface area contributed by atoms with Crippen molar-refractivity contribution in [3.05, 3.63) is 52.7 Å². The Kier molecular flexibility index (Phi) is 5.98. The Labute approximate surface area is 193 Å². The maximum Gasteiger partial charge on any atom is 0.278 e. The molecule has 11 heteroatoms. The number of aromatic nitrogens is 2. The number of amides is 5. The number of piperidine rings is 1. The molecule has 2 aliphatic heterocycles. The molecule has 170 valence electrons. The summed E-state index contributed by atoms with van der Waals surface area (Å²) in [6.07, 6.45) is 0.356. The molecule has 33 heavy (non-hydrogen) atoms. The second kappa shape index (κ2) is 8.74. The second-order valence-electron chi connectivity index (χ2n) is 7.89. The number of imide groups is 2. The highest BCUT2D eigenvalue weighted by Gasteiger charge is 2.48. The molecule has 2 N–H and O–H groups in total. The minimum absolute atomic E-state index is 0.00185. The van der Waals surface area contributed by atoms with Crippen LogP contribution in [-0.4, -0.2) is 55.9 Å². The molecule has 0 saturated carbocycles. The van der Waals surface area contributed by atoms with Gasteiger partial charge in [-0.1, -0.05) is 13.0 Å². The minimum atomic E-state index is -1.16. The summed E-state index contributed by atoms with van der Waals surface area (Å²) in [7, 11) is 0. The van der Waals surface area contributed by atoms with Crippen LogP contribution in [0.5, 0.6) is 0 Å². The monoisotopic (exact) mass is 467 g/mol. The smallest absolute Gasteiger partial charge is 0.278 e. The quantitative estimate of drug-likeness (QED) is 0.496. The Morgan fingerprint density at radius 3 is 2.61 bits per heavy atom. The molecule has 0 aliphatic carbocycles. The van der Waals surface area contributed by atoms with E-state index in [0.29, 0.717) is 10.6 Å². The average molecular weight is 468 g/mol. The van der Waals surface area contributed by atoms with E-state index in [9.17, 15) is 24.0 Å². The number of rotatable bonds is 5. The van der Waals surface area contributed by atoms with Gasteiger partial charge in [0.05, 0.1) is 0 Å². The molecule has 5 amide bonds. The van der Waals surface area contributed by atoms with Gasteiger partial charge in [0.25, 0.3) is 23.6 Å². The second-order valence-corrected chi connectivity index (χ2v) is 9.17. The van der Waals surface area contributed by atoms with Gasteiger partial charge in [-0.2, -0.15) is 0 Å². The first kappa shape index (κ1) is 22.6. The SMILES string of the molecule is CCSc1ccc(C(=O)NC(=O)c2ccc3c(c2)C(=O)N(C2(C)CCC(=O)NC2=O)C3)nn1. The fourth-order valence-electron chi connectivity index (χ4n) is 3.80. The fourth-order valence-corrected chi connectivity index (χ4v) is 4.36. The van der Waals surface area contributed by atoms with E-state index in [0.717, 1.165) is 5.75 Å². The molecule has 3 heterocycles. The first-order valence-electron chi connectivity index (χ1n) is 10.3. The topological polar surface area (TPSA) is 138 Å². The Hall–Kier alpha value is -3.60. The highest BCUT2D eigenvalue weighted by atomic mass is 32.2. The van der Waals surface area contributed by atoms with Crippen molar-refractivity contribution in [1.29, 1.82) is 0 Å². The van der Waals surface area contributed by atoms with Crippen molar-refractivity contribution in [2.24, 2.45) is 0 Å². The molecule has 0 spiro atoms. The molecule has 1 saturated heterocycles. The summed E-state index contributed by atoms with van der Waals surface area (Å²) in [5.74, 6) is -1.87. The van der Waals surface area contributed by atoms with Gasteiger partial charge < -0.3 is 4.90 Å². The predicted molar refractivity (Wildman–Crippen MR) is 117 cm³/mol.